The Balaban J connectivity index is 1.99. The summed E-state index contributed by atoms with van der Waals surface area (Å²) in [6, 6.07) is 14.9. The van der Waals surface area contributed by atoms with Crippen molar-refractivity contribution < 1.29 is 33.3 Å². The minimum absolute atomic E-state index is 0.332. The molecule has 0 saturated carbocycles. The minimum atomic E-state index is -0.918. The van der Waals surface area contributed by atoms with Crippen molar-refractivity contribution in [1.82, 2.24) is 0 Å². The molecule has 0 unspecified atom stereocenters. The Kier molecular flexibility index (Phi) is 13.4. The zero-order valence-electron chi connectivity index (χ0n) is 35.4. The van der Waals surface area contributed by atoms with Crippen molar-refractivity contribution in [3.05, 3.63) is 94.1 Å². The van der Waals surface area contributed by atoms with Crippen LogP contribution in [0.4, 0.5) is 4.79 Å². The van der Waals surface area contributed by atoms with E-state index in [1.165, 1.54) is 25.0 Å². The van der Waals surface area contributed by atoms with E-state index in [0.29, 0.717) is 79.5 Å². The van der Waals surface area contributed by atoms with Crippen LogP contribution in [0.25, 0.3) is 21.5 Å². The summed E-state index contributed by atoms with van der Waals surface area (Å²) in [4.78, 5) is 39.3. The summed E-state index contributed by atoms with van der Waals surface area (Å²) in [5.41, 5.74) is 4.10. The first-order valence-corrected chi connectivity index (χ1v) is 19.4. The molecule has 0 saturated heterocycles. The Morgan fingerprint density at radius 1 is 0.582 bits per heavy atom. The van der Waals surface area contributed by atoms with Gasteiger partial charge in [-0.05, 0) is 69.8 Å². The average molecular weight is 749 g/mol. The molecule has 0 atom stereocenters. The van der Waals surface area contributed by atoms with Gasteiger partial charge in [0.2, 0.25) is 0 Å². The predicted molar refractivity (Wildman–Crippen MR) is 224 cm³/mol. The number of hydrogen-bond donors (Lipinski definition) is 0. The first-order chi connectivity index (χ1) is 25.6. The van der Waals surface area contributed by atoms with Crippen LogP contribution >= 0.6 is 0 Å². The van der Waals surface area contributed by atoms with Gasteiger partial charge in [0.05, 0.1) is 0 Å². The first-order valence-electron chi connectivity index (χ1n) is 19.4. The van der Waals surface area contributed by atoms with E-state index in [0.717, 1.165) is 18.4 Å². The fourth-order valence-electron chi connectivity index (χ4n) is 8.19. The van der Waals surface area contributed by atoms with Gasteiger partial charge in [-0.3, -0.25) is 9.59 Å². The van der Waals surface area contributed by atoms with Crippen LogP contribution in [0, 0.1) is 25.7 Å². The zero-order valence-corrected chi connectivity index (χ0v) is 35.4. The van der Waals surface area contributed by atoms with Gasteiger partial charge in [0.25, 0.3) is 0 Å². The van der Waals surface area contributed by atoms with E-state index in [-0.39, 0.29) is 0 Å². The molecule has 0 aromatic heterocycles. The van der Waals surface area contributed by atoms with E-state index in [9.17, 15) is 14.4 Å². The number of hydrogen-bond acceptors (Lipinski definition) is 7. The van der Waals surface area contributed by atoms with Gasteiger partial charge in [0.15, 0.2) is 0 Å². The second-order valence-corrected chi connectivity index (χ2v) is 17.1. The van der Waals surface area contributed by atoms with Crippen LogP contribution in [0.2, 0.25) is 0 Å². The summed E-state index contributed by atoms with van der Waals surface area (Å²) in [6.45, 7) is 27.9. The molecule has 7 heteroatoms. The lowest BCUT2D eigenvalue weighted by Gasteiger charge is -2.31. The number of ether oxygens (including phenoxy) is 4. The maximum absolute atomic E-state index is 14.5. The molecule has 0 heterocycles. The Hall–Kier alpha value is -4.91. The van der Waals surface area contributed by atoms with E-state index in [1.54, 1.807) is 0 Å². The molecule has 0 fully saturated rings. The summed E-state index contributed by atoms with van der Waals surface area (Å²) >= 11 is 0. The van der Waals surface area contributed by atoms with Crippen LogP contribution in [0.15, 0.2) is 71.8 Å². The Labute approximate surface area is 328 Å². The standard InChI is InChI=1S/C48H60O7/c1-28(2)25-30(5)23-24-47(11,12)40-32(7)42(52-34(9)49)36-19-15-17-21-38(36)44(40)54-46(51)55-45-39-22-18-16-20-37(39)43(53-35(10)50)33(8)41(45)48(13,14)27-31(6)26-29(3)4/h15-23,27-29H,24-26H2,1-14H3/b30-23+,31-27+. The highest BCUT2D eigenvalue weighted by Gasteiger charge is 2.35. The lowest BCUT2D eigenvalue weighted by molar-refractivity contribution is -0.132. The fraction of sp³-hybridized carbons (Fsp3) is 0.438. The molecule has 0 bridgehead atoms. The molecule has 4 rings (SSSR count). The van der Waals surface area contributed by atoms with Crippen LogP contribution in [-0.2, 0) is 20.4 Å². The monoisotopic (exact) mass is 748 g/mol. The highest BCUT2D eigenvalue weighted by atomic mass is 16.7. The van der Waals surface area contributed by atoms with Gasteiger partial charge in [0.1, 0.15) is 23.0 Å². The number of esters is 2. The molecule has 55 heavy (non-hydrogen) atoms. The predicted octanol–water partition coefficient (Wildman–Crippen LogP) is 13.0. The molecule has 0 spiro atoms. The summed E-state index contributed by atoms with van der Waals surface area (Å²) in [5, 5.41) is 2.50. The number of benzene rings is 4. The number of carbonyl (C=O) groups is 3. The van der Waals surface area contributed by atoms with Crippen LogP contribution in [-0.4, -0.2) is 18.1 Å². The molecular weight excluding hydrogens is 689 g/mol. The van der Waals surface area contributed by atoms with Gasteiger partial charge in [0, 0.05) is 57.5 Å². The van der Waals surface area contributed by atoms with Gasteiger partial charge in [-0.1, -0.05) is 127 Å². The third-order valence-corrected chi connectivity index (χ3v) is 9.93. The lowest BCUT2D eigenvalue weighted by Crippen LogP contribution is -2.25. The van der Waals surface area contributed by atoms with Gasteiger partial charge in [-0.25, -0.2) is 4.79 Å². The third kappa shape index (κ3) is 10.0. The van der Waals surface area contributed by atoms with E-state index in [4.69, 9.17) is 18.9 Å². The highest BCUT2D eigenvalue weighted by molar-refractivity contribution is 6.01. The molecule has 0 N–H and O–H groups in total. The van der Waals surface area contributed by atoms with Crippen LogP contribution in [0.3, 0.4) is 0 Å². The summed E-state index contributed by atoms with van der Waals surface area (Å²) in [5.74, 6) is 1.62. The Bertz CT molecular complexity index is 2160. The molecule has 0 aliphatic heterocycles. The molecule has 0 amide bonds. The van der Waals surface area contributed by atoms with E-state index >= 15 is 0 Å². The maximum Gasteiger partial charge on any atom is 0.519 e. The Morgan fingerprint density at radius 2 is 0.964 bits per heavy atom. The number of carbonyl (C=O) groups excluding carboxylic acids is 3. The van der Waals surface area contributed by atoms with Crippen LogP contribution < -0.4 is 18.9 Å². The van der Waals surface area contributed by atoms with Crippen molar-refractivity contribution in [2.24, 2.45) is 11.8 Å². The normalized spacial score (nSPS) is 12.8. The number of rotatable bonds is 13. The maximum atomic E-state index is 14.5. The van der Waals surface area contributed by atoms with Crippen molar-refractivity contribution in [1.29, 1.82) is 0 Å². The van der Waals surface area contributed by atoms with Crippen LogP contribution in [0.1, 0.15) is 125 Å². The van der Waals surface area contributed by atoms with Crippen molar-refractivity contribution in [3.8, 4) is 23.0 Å². The second-order valence-electron chi connectivity index (χ2n) is 17.1. The van der Waals surface area contributed by atoms with E-state index in [1.807, 2.05) is 62.4 Å². The summed E-state index contributed by atoms with van der Waals surface area (Å²) in [6.07, 6.45) is 6.03. The molecule has 7 nitrogen and oxygen atoms in total. The van der Waals surface area contributed by atoms with Crippen LogP contribution in [0.5, 0.6) is 23.0 Å². The molecule has 4 aromatic carbocycles. The second kappa shape index (κ2) is 17.3. The highest BCUT2D eigenvalue weighted by Crippen LogP contribution is 2.49. The quantitative estimate of drug-likeness (QED) is 0.0582. The van der Waals surface area contributed by atoms with Crippen molar-refractivity contribution in [3.63, 3.8) is 0 Å². The molecule has 0 aliphatic rings. The molecule has 294 valence electrons. The summed E-state index contributed by atoms with van der Waals surface area (Å²) in [7, 11) is 0. The smallest absolute Gasteiger partial charge is 0.426 e. The SMILES string of the molecule is CC(=O)Oc1c(C)c(C(C)(C)/C=C(\C)CC(C)C)c(OC(=O)Oc2c(C(C)(C)C/C=C(\C)CC(C)C)c(C)c(OC(C)=O)c3ccccc23)c2ccccc12. The van der Waals surface area contributed by atoms with Crippen molar-refractivity contribution >= 4 is 39.6 Å². The van der Waals surface area contributed by atoms with Crippen molar-refractivity contribution in [2.75, 3.05) is 0 Å². The Morgan fingerprint density at radius 3 is 1.38 bits per heavy atom. The first kappa shape index (κ1) is 42.8. The number of allylic oxidation sites excluding steroid dienone is 4. The van der Waals surface area contributed by atoms with Gasteiger partial charge >= 0.3 is 18.1 Å². The van der Waals surface area contributed by atoms with Gasteiger partial charge in [-0.15, -0.1) is 0 Å². The lowest BCUT2D eigenvalue weighted by atomic mass is 9.76. The molecular formula is C48H60O7. The molecule has 0 radical (unpaired) electrons. The third-order valence-electron chi connectivity index (χ3n) is 9.93. The number of fused-ring (bicyclic) bond motifs is 2. The van der Waals surface area contributed by atoms with Gasteiger partial charge in [-0.2, -0.15) is 0 Å². The van der Waals surface area contributed by atoms with Crippen molar-refractivity contribution in [2.45, 2.75) is 127 Å². The molecule has 0 aliphatic carbocycles. The minimum Gasteiger partial charge on any atom is -0.426 e. The zero-order chi connectivity index (χ0) is 41.0. The largest absolute Gasteiger partial charge is 0.519 e. The average Bonchev–Trinajstić information content (AvgIpc) is 3.06. The fourth-order valence-corrected chi connectivity index (χ4v) is 8.19. The van der Waals surface area contributed by atoms with E-state index in [2.05, 4.69) is 81.4 Å². The van der Waals surface area contributed by atoms with E-state index < -0.39 is 28.9 Å². The summed E-state index contributed by atoms with van der Waals surface area (Å²) < 4.78 is 24.6. The van der Waals surface area contributed by atoms with Gasteiger partial charge < -0.3 is 18.9 Å². The topological polar surface area (TPSA) is 88.1 Å². The molecule has 4 aromatic rings.